The normalized spacial score (nSPS) is 24.5. The Morgan fingerprint density at radius 3 is 2.93 bits per heavy atom. The Hall–Kier alpha value is -0.880. The van der Waals surface area contributed by atoms with Crippen LogP contribution in [0.3, 0.4) is 0 Å². The molecule has 0 amide bonds. The third-order valence-electron chi connectivity index (χ3n) is 2.35. The average Bonchev–Trinajstić information content (AvgIpc) is 2.18. The highest BCUT2D eigenvalue weighted by Gasteiger charge is 2.27. The van der Waals surface area contributed by atoms with Crippen molar-refractivity contribution in [2.45, 2.75) is 25.0 Å². The highest BCUT2D eigenvalue weighted by molar-refractivity contribution is 9.10. The van der Waals surface area contributed by atoms with Crippen LogP contribution in [-0.2, 0) is 0 Å². The third-order valence-corrected chi connectivity index (χ3v) is 2.90. The van der Waals surface area contributed by atoms with Gasteiger partial charge in [0, 0.05) is 6.04 Å². The molecule has 1 saturated carbocycles. The summed E-state index contributed by atoms with van der Waals surface area (Å²) in [6.07, 6.45) is 2.96. The maximum atomic E-state index is 9.13. The fraction of sp³-hybridized carbons (Fsp3) is 0.556. The lowest BCUT2D eigenvalue weighted by molar-refractivity contribution is 0.0834. The molecule has 1 aromatic rings. The average molecular weight is 274 g/mol. The molecule has 0 bridgehead atoms. The van der Waals surface area contributed by atoms with E-state index >= 15 is 0 Å². The van der Waals surface area contributed by atoms with Crippen molar-refractivity contribution in [3.05, 3.63) is 10.7 Å². The van der Waals surface area contributed by atoms with Crippen LogP contribution in [0.25, 0.3) is 0 Å². The van der Waals surface area contributed by atoms with Crippen molar-refractivity contribution in [1.82, 2.24) is 9.97 Å². The van der Waals surface area contributed by atoms with Gasteiger partial charge in [0.2, 0.25) is 11.8 Å². The monoisotopic (exact) mass is 273 g/mol. The summed E-state index contributed by atoms with van der Waals surface area (Å²) in [6.45, 7) is 0. The summed E-state index contributed by atoms with van der Waals surface area (Å²) in [4.78, 5) is 8.27. The number of hydrogen-bond acceptors (Lipinski definition) is 5. The molecular formula is C9H12BrN3O2. The molecule has 0 unspecified atom stereocenters. The Balaban J connectivity index is 2.02. The molecule has 0 aromatic carbocycles. The van der Waals surface area contributed by atoms with Gasteiger partial charge in [-0.3, -0.25) is 0 Å². The molecule has 0 saturated heterocycles. The Morgan fingerprint density at radius 2 is 2.33 bits per heavy atom. The van der Waals surface area contributed by atoms with Crippen molar-refractivity contribution in [3.63, 3.8) is 0 Å². The molecule has 1 aliphatic rings. The summed E-state index contributed by atoms with van der Waals surface area (Å²) in [5.41, 5.74) is 0. The van der Waals surface area contributed by atoms with Crippen LogP contribution in [0, 0.1) is 0 Å². The zero-order chi connectivity index (χ0) is 10.8. The molecule has 6 heteroatoms. The standard InChI is InChI=1S/C9H12BrN3O2/c1-15-8-7(10)4-11-9(13-8)12-5-2-6(14)3-5/h4-6,14H,2-3H2,1H3,(H,11,12,13). The summed E-state index contributed by atoms with van der Waals surface area (Å²) >= 11 is 3.28. The van der Waals surface area contributed by atoms with Gasteiger partial charge in [-0.15, -0.1) is 0 Å². The molecule has 0 aliphatic heterocycles. The van der Waals surface area contributed by atoms with E-state index in [1.807, 2.05) is 0 Å². The predicted octanol–water partition coefficient (Wildman–Crippen LogP) is 1.18. The Labute approximate surface area is 96.0 Å². The van der Waals surface area contributed by atoms with Gasteiger partial charge in [-0.1, -0.05) is 0 Å². The molecule has 2 N–H and O–H groups in total. The Morgan fingerprint density at radius 1 is 1.60 bits per heavy atom. The van der Waals surface area contributed by atoms with E-state index in [4.69, 9.17) is 9.84 Å². The lowest BCUT2D eigenvalue weighted by atomic mass is 9.90. The summed E-state index contributed by atoms with van der Waals surface area (Å²) in [7, 11) is 1.56. The highest BCUT2D eigenvalue weighted by atomic mass is 79.9. The van der Waals surface area contributed by atoms with Crippen molar-refractivity contribution < 1.29 is 9.84 Å². The second-order valence-electron chi connectivity index (χ2n) is 3.52. The molecule has 0 spiro atoms. The Kier molecular flexibility index (Phi) is 3.06. The van der Waals surface area contributed by atoms with Crippen LogP contribution in [0.5, 0.6) is 5.88 Å². The molecule has 1 aliphatic carbocycles. The van der Waals surface area contributed by atoms with Crippen LogP contribution >= 0.6 is 15.9 Å². The van der Waals surface area contributed by atoms with Gasteiger partial charge in [-0.05, 0) is 28.8 Å². The summed E-state index contributed by atoms with van der Waals surface area (Å²) in [6, 6.07) is 0.269. The summed E-state index contributed by atoms with van der Waals surface area (Å²) < 4.78 is 5.78. The van der Waals surface area contributed by atoms with Crippen LogP contribution < -0.4 is 10.1 Å². The maximum absolute atomic E-state index is 9.13. The topological polar surface area (TPSA) is 67.3 Å². The number of methoxy groups -OCH3 is 1. The quantitative estimate of drug-likeness (QED) is 0.866. The number of aliphatic hydroxyl groups is 1. The van der Waals surface area contributed by atoms with Crippen molar-refractivity contribution in [3.8, 4) is 5.88 Å². The van der Waals surface area contributed by atoms with E-state index in [2.05, 4.69) is 31.2 Å². The lowest BCUT2D eigenvalue weighted by Gasteiger charge is -2.31. The minimum Gasteiger partial charge on any atom is -0.480 e. The van der Waals surface area contributed by atoms with Crippen LogP contribution in [0.4, 0.5) is 5.95 Å². The number of anilines is 1. The smallest absolute Gasteiger partial charge is 0.232 e. The van der Waals surface area contributed by atoms with E-state index in [1.54, 1.807) is 13.3 Å². The largest absolute Gasteiger partial charge is 0.480 e. The molecule has 0 radical (unpaired) electrons. The first-order valence-electron chi connectivity index (χ1n) is 4.70. The van der Waals surface area contributed by atoms with E-state index in [9.17, 15) is 0 Å². The van der Waals surface area contributed by atoms with Crippen LogP contribution in [0.15, 0.2) is 10.7 Å². The molecular weight excluding hydrogens is 262 g/mol. The third kappa shape index (κ3) is 2.38. The molecule has 82 valence electrons. The van der Waals surface area contributed by atoms with E-state index in [0.29, 0.717) is 11.8 Å². The van der Waals surface area contributed by atoms with Crippen molar-refractivity contribution in [1.29, 1.82) is 0 Å². The van der Waals surface area contributed by atoms with Gasteiger partial charge in [-0.25, -0.2) is 4.98 Å². The second kappa shape index (κ2) is 4.32. The fourth-order valence-corrected chi connectivity index (χ4v) is 1.81. The first kappa shape index (κ1) is 10.6. The molecule has 1 aromatic heterocycles. The number of rotatable bonds is 3. The highest BCUT2D eigenvalue weighted by Crippen LogP contribution is 2.25. The molecule has 1 heterocycles. The number of hydrogen-bond donors (Lipinski definition) is 2. The van der Waals surface area contributed by atoms with E-state index < -0.39 is 0 Å². The van der Waals surface area contributed by atoms with Gasteiger partial charge in [0.15, 0.2) is 0 Å². The second-order valence-corrected chi connectivity index (χ2v) is 4.37. The van der Waals surface area contributed by atoms with Gasteiger partial charge < -0.3 is 15.2 Å². The van der Waals surface area contributed by atoms with Crippen LogP contribution in [0.1, 0.15) is 12.8 Å². The maximum Gasteiger partial charge on any atom is 0.232 e. The fourth-order valence-electron chi connectivity index (χ4n) is 1.45. The number of aliphatic hydroxyl groups excluding tert-OH is 1. The van der Waals surface area contributed by atoms with Gasteiger partial charge >= 0.3 is 0 Å². The Bertz CT molecular complexity index is 355. The van der Waals surface area contributed by atoms with Gasteiger partial charge in [-0.2, -0.15) is 4.98 Å². The van der Waals surface area contributed by atoms with Crippen molar-refractivity contribution in [2.24, 2.45) is 0 Å². The number of nitrogens with zero attached hydrogens (tertiary/aromatic N) is 2. The predicted molar refractivity (Wildman–Crippen MR) is 58.9 cm³/mol. The number of ether oxygens (including phenoxy) is 1. The van der Waals surface area contributed by atoms with Crippen LogP contribution in [-0.4, -0.2) is 34.3 Å². The summed E-state index contributed by atoms with van der Waals surface area (Å²) in [5.74, 6) is 1.04. The molecule has 5 nitrogen and oxygen atoms in total. The van der Waals surface area contributed by atoms with Gasteiger partial charge in [0.25, 0.3) is 0 Å². The number of nitrogens with one attached hydrogen (secondary N) is 1. The SMILES string of the molecule is COc1nc(NC2CC(O)C2)ncc1Br. The zero-order valence-corrected chi connectivity index (χ0v) is 9.86. The van der Waals surface area contributed by atoms with Crippen molar-refractivity contribution >= 4 is 21.9 Å². The van der Waals surface area contributed by atoms with Gasteiger partial charge in [0.1, 0.15) is 0 Å². The summed E-state index contributed by atoms with van der Waals surface area (Å²) in [5, 5.41) is 12.3. The van der Waals surface area contributed by atoms with E-state index in [-0.39, 0.29) is 12.1 Å². The lowest BCUT2D eigenvalue weighted by Crippen LogP contribution is -2.39. The first-order valence-corrected chi connectivity index (χ1v) is 5.49. The van der Waals surface area contributed by atoms with E-state index in [0.717, 1.165) is 17.3 Å². The zero-order valence-electron chi connectivity index (χ0n) is 8.27. The van der Waals surface area contributed by atoms with Crippen molar-refractivity contribution in [2.75, 3.05) is 12.4 Å². The molecule has 2 rings (SSSR count). The van der Waals surface area contributed by atoms with E-state index in [1.165, 1.54) is 0 Å². The first-order chi connectivity index (χ1) is 7.19. The number of aromatic nitrogens is 2. The number of halogens is 1. The van der Waals surface area contributed by atoms with Crippen LogP contribution in [0.2, 0.25) is 0 Å². The molecule has 15 heavy (non-hydrogen) atoms. The van der Waals surface area contributed by atoms with Gasteiger partial charge in [0.05, 0.1) is 23.9 Å². The minimum absolute atomic E-state index is 0.181. The molecule has 1 fully saturated rings. The molecule has 0 atom stereocenters. The minimum atomic E-state index is -0.181.